The molecule has 0 aliphatic heterocycles. The smallest absolute Gasteiger partial charge is 0.0843 e. The van der Waals surface area contributed by atoms with Crippen LogP contribution in [0.4, 0.5) is 0 Å². The van der Waals surface area contributed by atoms with Crippen LogP contribution in [0.1, 0.15) is 0 Å². The van der Waals surface area contributed by atoms with Crippen LogP contribution < -0.4 is 0 Å². The Kier molecular flexibility index (Phi) is 5.69. The van der Waals surface area contributed by atoms with Gasteiger partial charge in [0.15, 0.2) is 0 Å². The van der Waals surface area contributed by atoms with Crippen LogP contribution in [-0.2, 0) is 0 Å². The van der Waals surface area contributed by atoms with Crippen LogP contribution in [0.5, 0.6) is 0 Å². The van der Waals surface area contributed by atoms with E-state index in [0.717, 1.165) is 3.57 Å². The van der Waals surface area contributed by atoms with Gasteiger partial charge in [0, 0.05) is 8.59 Å². The van der Waals surface area contributed by atoms with Gasteiger partial charge in [0.05, 0.1) is 5.02 Å². The number of rotatable bonds is 0. The van der Waals surface area contributed by atoms with Gasteiger partial charge in [0.2, 0.25) is 0 Å². The van der Waals surface area contributed by atoms with Crippen molar-refractivity contribution >= 4 is 68.8 Å². The molecule has 1 rings (SSSR count). The van der Waals surface area contributed by atoms with Crippen LogP contribution >= 0.6 is 45.8 Å². The predicted molar refractivity (Wildman–Crippen MR) is 57.7 cm³/mol. The van der Waals surface area contributed by atoms with E-state index in [9.17, 15) is 0 Å². The summed E-state index contributed by atoms with van der Waals surface area (Å²) in [6.07, 6.45) is 0. The minimum atomic E-state index is 0. The van der Waals surface area contributed by atoms with Gasteiger partial charge in [-0.1, -0.05) is 23.2 Å². The van der Waals surface area contributed by atoms with E-state index in [1.807, 2.05) is 12.1 Å². The zero-order chi connectivity index (χ0) is 6.85. The molecule has 1 aromatic carbocycles. The summed E-state index contributed by atoms with van der Waals surface area (Å²) in [5, 5.41) is 1.39. The maximum absolute atomic E-state index is 5.72. The molecule has 0 nitrogen and oxygen atoms in total. The Labute approximate surface area is 99.6 Å². The minimum Gasteiger partial charge on any atom is -0.0843 e. The normalized spacial score (nSPS) is 8.70. The quantitative estimate of drug-likeness (QED) is 0.392. The second-order valence-corrected chi connectivity index (χ2v) is 3.56. The highest BCUT2D eigenvalue weighted by atomic mass is 127. The highest BCUT2D eigenvalue weighted by Gasteiger charge is 1.94. The first-order chi connectivity index (χ1) is 4.20. The van der Waals surface area contributed by atoms with Gasteiger partial charge in [-0.05, 0) is 40.8 Å². The lowest BCUT2D eigenvalue weighted by atomic mass is 10.4. The zero-order valence-electron chi connectivity index (χ0n) is 4.37. The molecular weight excluding hydrogens is 294 g/mol. The van der Waals surface area contributed by atoms with Crippen LogP contribution in [0.3, 0.4) is 0 Å². The van der Waals surface area contributed by atoms with E-state index < -0.39 is 0 Å². The Hall–Kier alpha value is 1.30. The fraction of sp³-hybridized carbons (Fsp3) is 0. The van der Waals surface area contributed by atoms with Gasteiger partial charge in [-0.3, -0.25) is 0 Å². The van der Waals surface area contributed by atoms with Gasteiger partial charge in [-0.15, -0.1) is 0 Å². The first kappa shape index (κ1) is 11.3. The van der Waals surface area contributed by atoms with Crippen molar-refractivity contribution < 1.29 is 0 Å². The molecule has 0 atom stereocenters. The van der Waals surface area contributed by atoms with E-state index in [2.05, 4.69) is 22.6 Å². The molecule has 52 valence electrons. The van der Waals surface area contributed by atoms with E-state index in [1.54, 1.807) is 6.07 Å². The third-order valence-corrected chi connectivity index (χ3v) is 2.69. The summed E-state index contributed by atoms with van der Waals surface area (Å²) < 4.78 is 1.03. The van der Waals surface area contributed by atoms with Crippen molar-refractivity contribution in [3.05, 3.63) is 31.8 Å². The molecule has 10 heavy (non-hydrogen) atoms. The van der Waals surface area contributed by atoms with Crippen LogP contribution in [-0.4, -0.2) is 23.1 Å². The number of hydrogen-bond acceptors (Lipinski definition) is 0. The fourth-order valence-corrected chi connectivity index (χ4v) is 1.21. The first-order valence-electron chi connectivity index (χ1n) is 2.30. The molecule has 0 heterocycles. The summed E-state index contributed by atoms with van der Waals surface area (Å²) in [4.78, 5) is 0. The summed E-state index contributed by atoms with van der Waals surface area (Å²) in [6, 6.07) is 5.42. The largest absolute Gasteiger partial charge is 0.316 e. The average molecular weight is 299 g/mol. The Balaban J connectivity index is 0.000000810. The predicted octanol–water partition coefficient (Wildman–Crippen LogP) is 2.68. The van der Waals surface area contributed by atoms with Crippen LogP contribution in [0.15, 0.2) is 18.2 Å². The Bertz CT molecular complexity index is 227. The SMILES string of the molecule is Clc1ccc(I)c(Cl)c1.[MgH2]. The third-order valence-electron chi connectivity index (χ3n) is 0.882. The molecule has 0 saturated heterocycles. The molecule has 4 heteroatoms. The number of halogens is 3. The molecular formula is C6H5Cl2IMg. The molecule has 0 aliphatic rings. The molecule has 0 N–H and O–H groups in total. The fourth-order valence-electron chi connectivity index (χ4n) is 0.470. The van der Waals surface area contributed by atoms with Crippen molar-refractivity contribution in [2.45, 2.75) is 0 Å². The number of benzene rings is 1. The van der Waals surface area contributed by atoms with Gasteiger partial charge < -0.3 is 0 Å². The maximum atomic E-state index is 5.72. The van der Waals surface area contributed by atoms with E-state index in [-0.39, 0.29) is 23.1 Å². The molecule has 0 fully saturated rings. The topological polar surface area (TPSA) is 0 Å². The standard InChI is InChI=1S/C6H3Cl2I.Mg.2H/c7-4-1-2-6(9)5(8)3-4;;;/h1-3H;;;. The molecule has 0 radical (unpaired) electrons. The second-order valence-electron chi connectivity index (χ2n) is 1.56. The van der Waals surface area contributed by atoms with Crippen LogP contribution in [0, 0.1) is 3.57 Å². The van der Waals surface area contributed by atoms with E-state index in [1.165, 1.54) is 0 Å². The first-order valence-corrected chi connectivity index (χ1v) is 4.14. The van der Waals surface area contributed by atoms with Crippen LogP contribution in [0.2, 0.25) is 10.0 Å². The summed E-state index contributed by atoms with van der Waals surface area (Å²) >= 11 is 13.5. The molecule has 0 amide bonds. The Morgan fingerprint density at radius 3 is 2.20 bits per heavy atom. The van der Waals surface area contributed by atoms with Crippen molar-refractivity contribution in [3.8, 4) is 0 Å². The Morgan fingerprint density at radius 1 is 1.20 bits per heavy atom. The van der Waals surface area contributed by atoms with Gasteiger partial charge >= 0.3 is 23.1 Å². The van der Waals surface area contributed by atoms with Gasteiger partial charge in [0.1, 0.15) is 0 Å². The van der Waals surface area contributed by atoms with Gasteiger partial charge in [-0.2, -0.15) is 0 Å². The van der Waals surface area contributed by atoms with Crippen LogP contribution in [0.25, 0.3) is 0 Å². The average Bonchev–Trinajstić information content (AvgIpc) is 1.80. The lowest BCUT2D eigenvalue weighted by Crippen LogP contribution is -1.71. The minimum absolute atomic E-state index is 0. The number of hydrogen-bond donors (Lipinski definition) is 0. The summed E-state index contributed by atoms with van der Waals surface area (Å²) in [6.45, 7) is 0. The maximum Gasteiger partial charge on any atom is 0.316 e. The van der Waals surface area contributed by atoms with E-state index >= 15 is 0 Å². The highest BCUT2D eigenvalue weighted by molar-refractivity contribution is 14.1. The monoisotopic (exact) mass is 298 g/mol. The molecule has 0 spiro atoms. The second kappa shape index (κ2) is 5.03. The molecule has 0 aliphatic carbocycles. The Morgan fingerprint density at radius 2 is 1.80 bits per heavy atom. The van der Waals surface area contributed by atoms with Crippen molar-refractivity contribution in [2.75, 3.05) is 0 Å². The lowest BCUT2D eigenvalue weighted by molar-refractivity contribution is 1.64. The summed E-state index contributed by atoms with van der Waals surface area (Å²) in [5.74, 6) is 0. The van der Waals surface area contributed by atoms with Crippen molar-refractivity contribution in [3.63, 3.8) is 0 Å². The molecule has 0 bridgehead atoms. The van der Waals surface area contributed by atoms with Crippen molar-refractivity contribution in [2.24, 2.45) is 0 Å². The van der Waals surface area contributed by atoms with E-state index in [0.29, 0.717) is 10.0 Å². The zero-order valence-corrected chi connectivity index (χ0v) is 8.04. The molecule has 0 saturated carbocycles. The van der Waals surface area contributed by atoms with E-state index in [4.69, 9.17) is 23.2 Å². The van der Waals surface area contributed by atoms with Crippen molar-refractivity contribution in [1.82, 2.24) is 0 Å². The van der Waals surface area contributed by atoms with Crippen molar-refractivity contribution in [1.29, 1.82) is 0 Å². The highest BCUT2D eigenvalue weighted by Crippen LogP contribution is 2.21. The molecule has 0 aromatic heterocycles. The van der Waals surface area contributed by atoms with Gasteiger partial charge in [-0.25, -0.2) is 0 Å². The molecule has 0 unspecified atom stereocenters. The lowest BCUT2D eigenvalue weighted by Gasteiger charge is -1.93. The summed E-state index contributed by atoms with van der Waals surface area (Å²) in [7, 11) is 0. The molecule has 1 aromatic rings. The third kappa shape index (κ3) is 3.13. The summed E-state index contributed by atoms with van der Waals surface area (Å²) in [5.41, 5.74) is 0. The van der Waals surface area contributed by atoms with Gasteiger partial charge in [0.25, 0.3) is 0 Å².